The van der Waals surface area contributed by atoms with Crippen molar-refractivity contribution in [1.82, 2.24) is 5.32 Å². The van der Waals surface area contributed by atoms with Gasteiger partial charge < -0.3 is 9.47 Å². The molecule has 2 unspecified atom stereocenters. The molecule has 2 atom stereocenters. The van der Waals surface area contributed by atoms with Gasteiger partial charge in [0.1, 0.15) is 0 Å². The summed E-state index contributed by atoms with van der Waals surface area (Å²) < 4.78 is 10.8. The van der Waals surface area contributed by atoms with E-state index in [0.717, 1.165) is 24.3 Å². The second-order valence-electron chi connectivity index (χ2n) is 5.48. The molecule has 2 aliphatic heterocycles. The van der Waals surface area contributed by atoms with E-state index >= 15 is 0 Å². The Bertz CT molecular complexity index is 465. The Labute approximate surface area is 119 Å². The molecule has 0 aliphatic carbocycles. The molecule has 2 heterocycles. The van der Waals surface area contributed by atoms with Crippen LogP contribution in [0.15, 0.2) is 18.2 Å². The molecule has 104 valence electrons. The van der Waals surface area contributed by atoms with Crippen LogP contribution in [0.1, 0.15) is 32.3 Å². The maximum atomic E-state index is 5.43. The average molecular weight is 279 g/mol. The molecule has 0 bridgehead atoms. The van der Waals surface area contributed by atoms with Gasteiger partial charge in [0.15, 0.2) is 11.5 Å². The second-order valence-corrected chi connectivity index (χ2v) is 7.00. The highest BCUT2D eigenvalue weighted by Crippen LogP contribution is 2.36. The Balaban J connectivity index is 1.60. The topological polar surface area (TPSA) is 30.5 Å². The molecule has 0 aromatic heterocycles. The number of nitrogens with one attached hydrogen (secondary N) is 1. The van der Waals surface area contributed by atoms with Gasteiger partial charge in [-0.05, 0) is 43.9 Å². The lowest BCUT2D eigenvalue weighted by atomic mass is 10.0. The Morgan fingerprint density at radius 1 is 1.37 bits per heavy atom. The fraction of sp³-hybridized carbons (Fsp3) is 0.600. The van der Waals surface area contributed by atoms with E-state index in [0.29, 0.717) is 12.8 Å². The van der Waals surface area contributed by atoms with E-state index in [-0.39, 0.29) is 4.87 Å². The highest BCUT2D eigenvalue weighted by molar-refractivity contribution is 8.00. The van der Waals surface area contributed by atoms with Crippen molar-refractivity contribution in [3.63, 3.8) is 0 Å². The number of aryl methyl sites for hydroxylation is 1. The summed E-state index contributed by atoms with van der Waals surface area (Å²) in [6.45, 7) is 4.92. The van der Waals surface area contributed by atoms with Crippen molar-refractivity contribution in [2.75, 3.05) is 12.5 Å². The predicted octanol–water partition coefficient (Wildman–Crippen LogP) is 3.18. The van der Waals surface area contributed by atoms with Crippen LogP contribution in [-0.4, -0.2) is 23.5 Å². The quantitative estimate of drug-likeness (QED) is 0.917. The molecule has 1 saturated heterocycles. The molecule has 3 rings (SSSR count). The van der Waals surface area contributed by atoms with Crippen molar-refractivity contribution in [2.45, 2.75) is 44.0 Å². The van der Waals surface area contributed by atoms with Crippen LogP contribution in [0.2, 0.25) is 0 Å². The molecule has 0 radical (unpaired) electrons. The van der Waals surface area contributed by atoms with E-state index in [1.54, 1.807) is 0 Å². The van der Waals surface area contributed by atoms with Crippen molar-refractivity contribution >= 4 is 11.8 Å². The zero-order valence-electron chi connectivity index (χ0n) is 11.6. The number of ether oxygens (including phenoxy) is 2. The second kappa shape index (κ2) is 5.25. The average Bonchev–Trinajstić information content (AvgIpc) is 3.02. The number of hydrogen-bond acceptors (Lipinski definition) is 4. The zero-order chi connectivity index (χ0) is 13.3. The lowest BCUT2D eigenvalue weighted by molar-refractivity contribution is 0.174. The fourth-order valence-corrected chi connectivity index (χ4v) is 4.03. The van der Waals surface area contributed by atoms with Gasteiger partial charge in [0.25, 0.3) is 0 Å². The molecule has 1 N–H and O–H groups in total. The molecule has 4 heteroatoms. The third-order valence-corrected chi connectivity index (χ3v) is 5.46. The molecular weight excluding hydrogens is 258 g/mol. The molecule has 1 aromatic rings. The van der Waals surface area contributed by atoms with Gasteiger partial charge in [0.2, 0.25) is 6.79 Å². The van der Waals surface area contributed by atoms with Gasteiger partial charge in [0.05, 0.1) is 4.87 Å². The standard InChI is InChI=1S/C15H21NO2S/c1-3-12-9-19-15(2,16-12)7-6-11-4-5-13-14(8-11)18-10-17-13/h4-5,8,12,16H,3,6-7,9-10H2,1-2H3. The SMILES string of the molecule is CCC1CSC(C)(CCc2ccc3c(c2)OCO3)N1. The lowest BCUT2D eigenvalue weighted by Crippen LogP contribution is -2.39. The summed E-state index contributed by atoms with van der Waals surface area (Å²) in [7, 11) is 0. The van der Waals surface area contributed by atoms with E-state index in [1.165, 1.54) is 17.7 Å². The normalized spacial score (nSPS) is 28.8. The predicted molar refractivity (Wildman–Crippen MR) is 79.0 cm³/mol. The van der Waals surface area contributed by atoms with E-state index in [2.05, 4.69) is 43.1 Å². The summed E-state index contributed by atoms with van der Waals surface area (Å²) >= 11 is 2.06. The van der Waals surface area contributed by atoms with Gasteiger partial charge in [0, 0.05) is 11.8 Å². The Kier molecular flexibility index (Phi) is 3.63. The van der Waals surface area contributed by atoms with Crippen LogP contribution < -0.4 is 14.8 Å². The van der Waals surface area contributed by atoms with Crippen LogP contribution in [-0.2, 0) is 6.42 Å². The summed E-state index contributed by atoms with van der Waals surface area (Å²) in [5.74, 6) is 2.99. The number of hydrogen-bond donors (Lipinski definition) is 1. The first kappa shape index (κ1) is 13.1. The summed E-state index contributed by atoms with van der Waals surface area (Å²) in [4.78, 5) is 0.219. The fourth-order valence-electron chi connectivity index (χ4n) is 2.64. The summed E-state index contributed by atoms with van der Waals surface area (Å²) in [6.07, 6.45) is 3.43. The number of rotatable bonds is 4. The van der Waals surface area contributed by atoms with Crippen molar-refractivity contribution < 1.29 is 9.47 Å². The molecule has 3 nitrogen and oxygen atoms in total. The van der Waals surface area contributed by atoms with Crippen molar-refractivity contribution in [1.29, 1.82) is 0 Å². The molecule has 19 heavy (non-hydrogen) atoms. The molecule has 2 aliphatic rings. The van der Waals surface area contributed by atoms with Gasteiger partial charge in [-0.3, -0.25) is 5.32 Å². The molecular formula is C15H21NO2S. The van der Waals surface area contributed by atoms with E-state index in [4.69, 9.17) is 9.47 Å². The Hall–Kier alpha value is -0.870. The van der Waals surface area contributed by atoms with Crippen LogP contribution in [0.3, 0.4) is 0 Å². The number of fused-ring (bicyclic) bond motifs is 1. The first-order valence-corrected chi connectivity index (χ1v) is 7.97. The minimum Gasteiger partial charge on any atom is -0.454 e. The van der Waals surface area contributed by atoms with Crippen LogP contribution in [0, 0.1) is 0 Å². The van der Waals surface area contributed by atoms with Crippen LogP contribution >= 0.6 is 11.8 Å². The van der Waals surface area contributed by atoms with Gasteiger partial charge in [-0.1, -0.05) is 13.0 Å². The van der Waals surface area contributed by atoms with Crippen LogP contribution in [0.5, 0.6) is 11.5 Å². The third kappa shape index (κ3) is 2.84. The van der Waals surface area contributed by atoms with Gasteiger partial charge in [-0.15, -0.1) is 11.8 Å². The minimum absolute atomic E-state index is 0.219. The van der Waals surface area contributed by atoms with E-state index < -0.39 is 0 Å². The van der Waals surface area contributed by atoms with E-state index in [1.807, 2.05) is 6.07 Å². The maximum Gasteiger partial charge on any atom is 0.231 e. The van der Waals surface area contributed by atoms with Crippen molar-refractivity contribution in [3.8, 4) is 11.5 Å². The number of thioether (sulfide) groups is 1. The maximum absolute atomic E-state index is 5.43. The highest BCUT2D eigenvalue weighted by Gasteiger charge is 2.33. The monoisotopic (exact) mass is 279 g/mol. The number of benzene rings is 1. The molecule has 0 saturated carbocycles. The molecule has 0 amide bonds. The molecule has 1 fully saturated rings. The minimum atomic E-state index is 0.219. The highest BCUT2D eigenvalue weighted by atomic mass is 32.2. The van der Waals surface area contributed by atoms with Crippen LogP contribution in [0.4, 0.5) is 0 Å². The third-order valence-electron chi connectivity index (χ3n) is 3.93. The first-order chi connectivity index (χ1) is 9.18. The van der Waals surface area contributed by atoms with Gasteiger partial charge in [-0.2, -0.15) is 0 Å². The van der Waals surface area contributed by atoms with Crippen molar-refractivity contribution in [3.05, 3.63) is 23.8 Å². The van der Waals surface area contributed by atoms with Gasteiger partial charge in [-0.25, -0.2) is 0 Å². The Morgan fingerprint density at radius 3 is 3.00 bits per heavy atom. The smallest absolute Gasteiger partial charge is 0.231 e. The largest absolute Gasteiger partial charge is 0.454 e. The molecule has 1 aromatic carbocycles. The van der Waals surface area contributed by atoms with Gasteiger partial charge >= 0.3 is 0 Å². The Morgan fingerprint density at radius 2 is 2.21 bits per heavy atom. The van der Waals surface area contributed by atoms with Crippen LogP contribution in [0.25, 0.3) is 0 Å². The lowest BCUT2D eigenvalue weighted by Gasteiger charge is -2.24. The first-order valence-electron chi connectivity index (χ1n) is 6.99. The molecule has 0 spiro atoms. The zero-order valence-corrected chi connectivity index (χ0v) is 12.4. The summed E-state index contributed by atoms with van der Waals surface area (Å²) in [6, 6.07) is 6.95. The summed E-state index contributed by atoms with van der Waals surface area (Å²) in [5.41, 5.74) is 1.33. The summed E-state index contributed by atoms with van der Waals surface area (Å²) in [5, 5.41) is 3.75. The van der Waals surface area contributed by atoms with E-state index in [9.17, 15) is 0 Å². The van der Waals surface area contributed by atoms with Crippen molar-refractivity contribution in [2.24, 2.45) is 0 Å².